The van der Waals surface area contributed by atoms with Gasteiger partial charge in [0.25, 0.3) is 0 Å². The first-order valence-corrected chi connectivity index (χ1v) is 12.6. The lowest BCUT2D eigenvalue weighted by molar-refractivity contribution is -0.139. The van der Waals surface area contributed by atoms with Gasteiger partial charge in [-0.25, -0.2) is 4.52 Å². The number of hydrogen-bond donors (Lipinski definition) is 1. The fourth-order valence-corrected chi connectivity index (χ4v) is 6.08. The molecular weight excluding hydrogens is 442 g/mol. The lowest BCUT2D eigenvalue weighted by Crippen LogP contribution is -2.55. The highest BCUT2D eigenvalue weighted by Crippen LogP contribution is 2.42. The van der Waals surface area contributed by atoms with Gasteiger partial charge in [0, 0.05) is 55.6 Å². The van der Waals surface area contributed by atoms with Crippen LogP contribution in [0.25, 0.3) is 16.6 Å². The number of pyridine rings is 1. The molecule has 1 saturated carbocycles. The Morgan fingerprint density at radius 1 is 1.11 bits per heavy atom. The maximum Gasteiger partial charge on any atom is 0.225 e. The number of aromatic nitrogens is 4. The number of hydrogen-bond acceptors (Lipinski definition) is 6. The quantitative estimate of drug-likeness (QED) is 0.625. The van der Waals surface area contributed by atoms with E-state index in [9.17, 15) is 10.1 Å². The number of nitrogens with one attached hydrogen (secondary N) is 1. The Labute approximate surface area is 204 Å². The molecule has 182 valence electrons. The molecule has 3 aliphatic rings. The van der Waals surface area contributed by atoms with Crippen molar-refractivity contribution in [1.29, 1.82) is 5.26 Å². The van der Waals surface area contributed by atoms with Crippen molar-refractivity contribution >= 4 is 11.4 Å². The number of fused-ring (bicyclic) bond motifs is 1. The van der Waals surface area contributed by atoms with Crippen molar-refractivity contribution in [3.8, 4) is 22.9 Å². The third-order valence-electron chi connectivity index (χ3n) is 8.40. The zero-order valence-electron chi connectivity index (χ0n) is 20.1. The molecule has 2 saturated heterocycles. The summed E-state index contributed by atoms with van der Waals surface area (Å²) in [7, 11) is 1.60. The van der Waals surface area contributed by atoms with E-state index in [0.29, 0.717) is 28.2 Å². The molecule has 0 unspecified atom stereocenters. The van der Waals surface area contributed by atoms with E-state index in [1.807, 2.05) is 23.1 Å². The van der Waals surface area contributed by atoms with E-state index < -0.39 is 0 Å². The van der Waals surface area contributed by atoms with E-state index in [4.69, 9.17) is 4.74 Å². The first kappa shape index (κ1) is 22.1. The van der Waals surface area contributed by atoms with Crippen LogP contribution in [-0.2, 0) is 4.79 Å². The summed E-state index contributed by atoms with van der Waals surface area (Å²) in [5, 5.41) is 21.7. The molecule has 1 amide bonds. The van der Waals surface area contributed by atoms with Gasteiger partial charge in [-0.1, -0.05) is 0 Å². The molecule has 1 aliphatic carbocycles. The second kappa shape index (κ2) is 8.68. The molecule has 3 aromatic heterocycles. The number of carbonyl (C=O) groups excluding carboxylic acids is 1. The van der Waals surface area contributed by atoms with Crippen LogP contribution in [0, 0.1) is 22.7 Å². The molecule has 0 atom stereocenters. The number of rotatable bonds is 4. The first-order chi connectivity index (χ1) is 17.1. The Hall–Kier alpha value is -3.38. The standard InChI is InChI=1S/C26H31N7O2/c1-35-23-10-19(14-33-24(23)20(11-27)12-30-33)21-13-29-32(15-21)22-4-8-31(9-5-22)25(34)18-2-6-26(7-3-18)16-28-17-26/h10,12-15,18,22,28H,2-9,16-17H2,1H3. The van der Waals surface area contributed by atoms with E-state index >= 15 is 0 Å². The van der Waals surface area contributed by atoms with Crippen molar-refractivity contribution in [1.82, 2.24) is 29.6 Å². The molecule has 0 bridgehead atoms. The van der Waals surface area contributed by atoms with Gasteiger partial charge in [-0.15, -0.1) is 0 Å². The molecule has 6 rings (SSSR count). The molecule has 5 heterocycles. The minimum absolute atomic E-state index is 0.211. The van der Waals surface area contributed by atoms with Gasteiger partial charge in [-0.3, -0.25) is 9.48 Å². The van der Waals surface area contributed by atoms with Crippen molar-refractivity contribution in [2.75, 3.05) is 33.3 Å². The van der Waals surface area contributed by atoms with E-state index in [2.05, 4.69) is 32.7 Å². The molecule has 2 aliphatic heterocycles. The van der Waals surface area contributed by atoms with Crippen LogP contribution in [0.3, 0.4) is 0 Å². The van der Waals surface area contributed by atoms with Gasteiger partial charge in [-0.05, 0) is 50.0 Å². The van der Waals surface area contributed by atoms with Crippen molar-refractivity contribution in [2.45, 2.75) is 44.6 Å². The van der Waals surface area contributed by atoms with Crippen LogP contribution < -0.4 is 10.1 Å². The predicted octanol–water partition coefficient (Wildman–Crippen LogP) is 3.02. The number of ether oxygens (including phenoxy) is 1. The number of nitrogens with zero attached hydrogens (tertiary/aromatic N) is 6. The Kier molecular flexibility index (Phi) is 5.49. The van der Waals surface area contributed by atoms with E-state index in [0.717, 1.165) is 63.0 Å². The molecule has 3 fully saturated rings. The third-order valence-corrected chi connectivity index (χ3v) is 8.40. The summed E-state index contributed by atoms with van der Waals surface area (Å²) in [4.78, 5) is 15.2. The average Bonchev–Trinajstić information content (AvgIpc) is 3.54. The summed E-state index contributed by atoms with van der Waals surface area (Å²) < 4.78 is 9.26. The summed E-state index contributed by atoms with van der Waals surface area (Å²) in [5.41, 5.74) is 3.54. The number of likely N-dealkylation sites (tertiary alicyclic amines) is 1. The van der Waals surface area contributed by atoms with Crippen LogP contribution in [-0.4, -0.2) is 63.5 Å². The summed E-state index contributed by atoms with van der Waals surface area (Å²) in [5.74, 6) is 1.18. The fraction of sp³-hybridized carbons (Fsp3) is 0.538. The Balaban J connectivity index is 1.11. The molecule has 1 N–H and O–H groups in total. The number of amides is 1. The maximum atomic E-state index is 13.1. The van der Waals surface area contributed by atoms with E-state index in [-0.39, 0.29) is 12.0 Å². The monoisotopic (exact) mass is 473 g/mol. The molecular formula is C26H31N7O2. The highest BCUT2D eigenvalue weighted by atomic mass is 16.5. The number of methoxy groups -OCH3 is 1. The van der Waals surface area contributed by atoms with Crippen LogP contribution in [0.4, 0.5) is 0 Å². The van der Waals surface area contributed by atoms with Crippen molar-refractivity contribution < 1.29 is 9.53 Å². The van der Waals surface area contributed by atoms with Crippen molar-refractivity contribution in [3.05, 3.63) is 36.4 Å². The zero-order valence-corrected chi connectivity index (χ0v) is 20.1. The minimum atomic E-state index is 0.211. The van der Waals surface area contributed by atoms with Crippen LogP contribution >= 0.6 is 0 Å². The van der Waals surface area contributed by atoms with Crippen molar-refractivity contribution in [2.24, 2.45) is 11.3 Å². The summed E-state index contributed by atoms with van der Waals surface area (Å²) in [6, 6.07) is 4.37. The predicted molar refractivity (Wildman–Crippen MR) is 130 cm³/mol. The second-order valence-corrected chi connectivity index (χ2v) is 10.4. The summed E-state index contributed by atoms with van der Waals surface area (Å²) in [6.45, 7) is 3.86. The van der Waals surface area contributed by atoms with Gasteiger partial charge in [-0.2, -0.15) is 15.5 Å². The lowest BCUT2D eigenvalue weighted by atomic mass is 9.66. The number of nitriles is 1. The average molecular weight is 474 g/mol. The first-order valence-electron chi connectivity index (χ1n) is 12.6. The topological polar surface area (TPSA) is 100 Å². The molecule has 9 nitrogen and oxygen atoms in total. The SMILES string of the molecule is COc1cc(-c2cnn(C3CCN(C(=O)C4CCC5(CC4)CNC5)CC3)c2)cn2ncc(C#N)c12. The van der Waals surface area contributed by atoms with Crippen LogP contribution in [0.1, 0.15) is 50.1 Å². The number of piperidine rings is 1. The molecule has 0 radical (unpaired) electrons. The van der Waals surface area contributed by atoms with Crippen LogP contribution in [0.2, 0.25) is 0 Å². The van der Waals surface area contributed by atoms with Gasteiger partial charge in [0.1, 0.15) is 22.9 Å². The highest BCUT2D eigenvalue weighted by Gasteiger charge is 2.42. The van der Waals surface area contributed by atoms with Gasteiger partial charge < -0.3 is 15.0 Å². The van der Waals surface area contributed by atoms with Crippen LogP contribution in [0.5, 0.6) is 5.75 Å². The molecule has 1 spiro atoms. The van der Waals surface area contributed by atoms with Gasteiger partial charge >= 0.3 is 0 Å². The Bertz CT molecular complexity index is 1280. The van der Waals surface area contributed by atoms with Gasteiger partial charge in [0.05, 0.1) is 25.5 Å². The second-order valence-electron chi connectivity index (χ2n) is 10.4. The van der Waals surface area contributed by atoms with Gasteiger partial charge in [0.15, 0.2) is 0 Å². The lowest BCUT2D eigenvalue weighted by Gasteiger charge is -2.47. The van der Waals surface area contributed by atoms with Crippen molar-refractivity contribution in [3.63, 3.8) is 0 Å². The van der Waals surface area contributed by atoms with E-state index in [1.54, 1.807) is 17.8 Å². The van der Waals surface area contributed by atoms with Crippen LogP contribution in [0.15, 0.2) is 30.9 Å². The molecule has 35 heavy (non-hydrogen) atoms. The maximum absolute atomic E-state index is 13.1. The summed E-state index contributed by atoms with van der Waals surface area (Å²) >= 11 is 0. The normalized spacial score (nSPS) is 20.6. The smallest absolute Gasteiger partial charge is 0.225 e. The Morgan fingerprint density at radius 2 is 1.89 bits per heavy atom. The zero-order chi connectivity index (χ0) is 24.0. The minimum Gasteiger partial charge on any atom is -0.494 e. The van der Waals surface area contributed by atoms with Gasteiger partial charge in [0.2, 0.25) is 5.91 Å². The largest absolute Gasteiger partial charge is 0.494 e. The molecule has 3 aromatic rings. The Morgan fingerprint density at radius 3 is 2.54 bits per heavy atom. The van der Waals surface area contributed by atoms with E-state index in [1.165, 1.54) is 12.8 Å². The third kappa shape index (κ3) is 3.86. The fourth-order valence-electron chi connectivity index (χ4n) is 6.08. The highest BCUT2D eigenvalue weighted by molar-refractivity contribution is 5.79. The summed E-state index contributed by atoms with van der Waals surface area (Å²) in [6.07, 6.45) is 13.7. The number of carbonyl (C=O) groups is 1. The molecule has 9 heteroatoms. The molecule has 0 aromatic carbocycles.